The quantitative estimate of drug-likeness (QED) is 0.714. The normalized spacial score (nSPS) is 13.7. The molecule has 0 aliphatic carbocycles. The van der Waals surface area contributed by atoms with E-state index in [0.29, 0.717) is 5.82 Å². The van der Waals surface area contributed by atoms with E-state index in [1.54, 1.807) is 12.1 Å². The molecule has 8 heteroatoms. The number of rotatable bonds is 3. The number of nitrogens with zero attached hydrogens (tertiary/aromatic N) is 3. The SMILES string of the molecule is O=C(Nc1ccc(C(F)(F)F)cc1)c1ccc(N2CCc3ccccc3C2)nn1. The van der Waals surface area contributed by atoms with Crippen molar-refractivity contribution in [3.63, 3.8) is 0 Å². The minimum atomic E-state index is -4.42. The Morgan fingerprint density at radius 2 is 1.66 bits per heavy atom. The lowest BCUT2D eigenvalue weighted by Gasteiger charge is -2.29. The molecule has 0 spiro atoms. The molecule has 2 heterocycles. The van der Waals surface area contributed by atoms with Crippen LogP contribution in [0, 0.1) is 0 Å². The molecular weight excluding hydrogens is 381 g/mol. The summed E-state index contributed by atoms with van der Waals surface area (Å²) in [6.07, 6.45) is -3.51. The number of hydrogen-bond donors (Lipinski definition) is 1. The number of halogens is 3. The molecule has 4 rings (SSSR count). The Balaban J connectivity index is 1.42. The van der Waals surface area contributed by atoms with Gasteiger partial charge in [-0.25, -0.2) is 0 Å². The van der Waals surface area contributed by atoms with Crippen molar-refractivity contribution in [3.8, 4) is 0 Å². The van der Waals surface area contributed by atoms with E-state index in [2.05, 4.69) is 32.5 Å². The highest BCUT2D eigenvalue weighted by Gasteiger charge is 2.30. The van der Waals surface area contributed by atoms with Crippen molar-refractivity contribution in [1.82, 2.24) is 10.2 Å². The molecule has 0 radical (unpaired) electrons. The maximum atomic E-state index is 12.6. The highest BCUT2D eigenvalue weighted by Crippen LogP contribution is 2.30. The van der Waals surface area contributed by atoms with E-state index >= 15 is 0 Å². The van der Waals surface area contributed by atoms with E-state index in [-0.39, 0.29) is 11.4 Å². The molecule has 1 aliphatic heterocycles. The maximum Gasteiger partial charge on any atom is 0.416 e. The lowest BCUT2D eigenvalue weighted by atomic mass is 10.00. The zero-order valence-electron chi connectivity index (χ0n) is 15.3. The summed E-state index contributed by atoms with van der Waals surface area (Å²) in [5.74, 6) is 0.137. The first kappa shape index (κ1) is 18.9. The van der Waals surface area contributed by atoms with Crippen molar-refractivity contribution in [2.24, 2.45) is 0 Å². The lowest BCUT2D eigenvalue weighted by molar-refractivity contribution is -0.137. The molecule has 0 atom stereocenters. The molecule has 1 aliphatic rings. The number of carbonyl (C=O) groups is 1. The summed E-state index contributed by atoms with van der Waals surface area (Å²) in [5, 5.41) is 10.7. The molecule has 148 valence electrons. The Hall–Kier alpha value is -3.42. The van der Waals surface area contributed by atoms with Crippen LogP contribution >= 0.6 is 0 Å². The van der Waals surface area contributed by atoms with Crippen molar-refractivity contribution in [2.45, 2.75) is 19.1 Å². The molecule has 29 heavy (non-hydrogen) atoms. The Morgan fingerprint density at radius 1 is 0.931 bits per heavy atom. The van der Waals surface area contributed by atoms with Gasteiger partial charge in [0, 0.05) is 18.8 Å². The third kappa shape index (κ3) is 4.21. The molecule has 3 aromatic rings. The van der Waals surface area contributed by atoms with E-state index in [9.17, 15) is 18.0 Å². The van der Waals surface area contributed by atoms with E-state index in [0.717, 1.165) is 31.6 Å². The van der Waals surface area contributed by atoms with Gasteiger partial charge in [-0.05, 0) is 53.9 Å². The highest BCUT2D eigenvalue weighted by molar-refractivity contribution is 6.02. The Bertz CT molecular complexity index is 1020. The minimum absolute atomic E-state index is 0.0889. The largest absolute Gasteiger partial charge is 0.416 e. The molecule has 2 aromatic carbocycles. The summed E-state index contributed by atoms with van der Waals surface area (Å²) >= 11 is 0. The molecule has 0 saturated heterocycles. The molecule has 1 N–H and O–H groups in total. The van der Waals surface area contributed by atoms with Gasteiger partial charge in [-0.3, -0.25) is 4.79 Å². The molecule has 0 bridgehead atoms. The summed E-state index contributed by atoms with van der Waals surface area (Å²) in [4.78, 5) is 14.4. The molecule has 1 aromatic heterocycles. The van der Waals surface area contributed by atoms with E-state index in [1.807, 2.05) is 12.1 Å². The second kappa shape index (κ2) is 7.54. The monoisotopic (exact) mass is 398 g/mol. The van der Waals surface area contributed by atoms with Crippen LogP contribution in [0.4, 0.5) is 24.7 Å². The smallest absolute Gasteiger partial charge is 0.350 e. The van der Waals surface area contributed by atoms with Crippen LogP contribution in [0.25, 0.3) is 0 Å². The fourth-order valence-corrected chi connectivity index (χ4v) is 3.24. The van der Waals surface area contributed by atoms with Crippen molar-refractivity contribution in [2.75, 3.05) is 16.8 Å². The van der Waals surface area contributed by atoms with Gasteiger partial charge in [0.05, 0.1) is 5.56 Å². The number of amides is 1. The van der Waals surface area contributed by atoms with Crippen molar-refractivity contribution >= 4 is 17.4 Å². The predicted octanol–water partition coefficient (Wildman–Crippen LogP) is 4.31. The van der Waals surface area contributed by atoms with E-state index in [1.165, 1.54) is 23.3 Å². The van der Waals surface area contributed by atoms with Crippen LogP contribution in [-0.2, 0) is 19.1 Å². The molecule has 0 saturated carbocycles. The summed E-state index contributed by atoms with van der Waals surface area (Å²) < 4.78 is 37.8. The molecule has 1 amide bonds. The van der Waals surface area contributed by atoms with Gasteiger partial charge in [0.15, 0.2) is 11.5 Å². The maximum absolute atomic E-state index is 12.6. The van der Waals surface area contributed by atoms with Crippen LogP contribution in [0.15, 0.2) is 60.7 Å². The number of carbonyl (C=O) groups excluding carboxylic acids is 1. The fraction of sp³-hybridized carbons (Fsp3) is 0.190. The van der Waals surface area contributed by atoms with Crippen molar-refractivity contribution < 1.29 is 18.0 Å². The van der Waals surface area contributed by atoms with Crippen LogP contribution in [0.3, 0.4) is 0 Å². The third-order valence-corrected chi connectivity index (χ3v) is 4.81. The zero-order chi connectivity index (χ0) is 20.4. The average Bonchev–Trinajstić information content (AvgIpc) is 2.73. The topological polar surface area (TPSA) is 58.1 Å². The van der Waals surface area contributed by atoms with Crippen molar-refractivity contribution in [3.05, 3.63) is 83.0 Å². The number of benzene rings is 2. The van der Waals surface area contributed by atoms with Gasteiger partial charge in [0.2, 0.25) is 0 Å². The second-order valence-corrected chi connectivity index (χ2v) is 6.75. The Kier molecular flexibility index (Phi) is 4.92. The lowest BCUT2D eigenvalue weighted by Crippen LogP contribution is -2.31. The standard InChI is InChI=1S/C21H17F3N4O/c22-21(23,24)16-5-7-17(8-6-16)25-20(29)18-9-10-19(27-26-18)28-12-11-14-3-1-2-4-15(14)13-28/h1-10H,11-13H2,(H,25,29). The van der Waals surface area contributed by atoms with Crippen LogP contribution < -0.4 is 10.2 Å². The first-order valence-electron chi connectivity index (χ1n) is 9.04. The summed E-state index contributed by atoms with van der Waals surface area (Å²) in [7, 11) is 0. The van der Waals surface area contributed by atoms with Crippen LogP contribution in [0.5, 0.6) is 0 Å². The summed E-state index contributed by atoms with van der Waals surface area (Å²) in [5.41, 5.74) is 2.13. The van der Waals surface area contributed by atoms with Gasteiger partial charge in [0.1, 0.15) is 0 Å². The number of hydrogen-bond acceptors (Lipinski definition) is 4. The van der Waals surface area contributed by atoms with Crippen LogP contribution in [0.1, 0.15) is 27.2 Å². The average molecular weight is 398 g/mol. The Labute approximate surface area is 165 Å². The highest BCUT2D eigenvalue weighted by atomic mass is 19.4. The van der Waals surface area contributed by atoms with Gasteiger partial charge in [-0.2, -0.15) is 13.2 Å². The molecular formula is C21H17F3N4O. The molecule has 0 unspecified atom stereocenters. The zero-order valence-corrected chi connectivity index (χ0v) is 15.3. The summed E-state index contributed by atoms with van der Waals surface area (Å²) in [6, 6.07) is 15.7. The first-order chi connectivity index (χ1) is 13.9. The predicted molar refractivity (Wildman–Crippen MR) is 103 cm³/mol. The van der Waals surface area contributed by atoms with Gasteiger partial charge in [-0.1, -0.05) is 24.3 Å². The number of anilines is 2. The van der Waals surface area contributed by atoms with Crippen LogP contribution in [0.2, 0.25) is 0 Å². The Morgan fingerprint density at radius 3 is 2.31 bits per heavy atom. The van der Waals surface area contributed by atoms with Gasteiger partial charge in [-0.15, -0.1) is 10.2 Å². The number of fused-ring (bicyclic) bond motifs is 1. The minimum Gasteiger partial charge on any atom is -0.350 e. The van der Waals surface area contributed by atoms with Gasteiger partial charge < -0.3 is 10.2 Å². The van der Waals surface area contributed by atoms with Crippen molar-refractivity contribution in [1.29, 1.82) is 0 Å². The number of nitrogens with one attached hydrogen (secondary N) is 1. The number of alkyl halides is 3. The second-order valence-electron chi connectivity index (χ2n) is 6.75. The molecule has 5 nitrogen and oxygen atoms in total. The fourth-order valence-electron chi connectivity index (χ4n) is 3.24. The van der Waals surface area contributed by atoms with E-state index < -0.39 is 17.6 Å². The molecule has 0 fully saturated rings. The van der Waals surface area contributed by atoms with Gasteiger partial charge >= 0.3 is 6.18 Å². The van der Waals surface area contributed by atoms with Gasteiger partial charge in [0.25, 0.3) is 5.91 Å². The van der Waals surface area contributed by atoms with Crippen LogP contribution in [-0.4, -0.2) is 22.6 Å². The van der Waals surface area contributed by atoms with E-state index in [4.69, 9.17) is 0 Å². The third-order valence-electron chi connectivity index (χ3n) is 4.81. The first-order valence-corrected chi connectivity index (χ1v) is 9.04. The summed E-state index contributed by atoms with van der Waals surface area (Å²) in [6.45, 7) is 1.53. The number of aromatic nitrogens is 2.